The normalized spacial score (nSPS) is 11.2. The Morgan fingerprint density at radius 2 is 1.95 bits per heavy atom. The molecule has 0 aliphatic rings. The molecule has 0 radical (unpaired) electrons. The van der Waals surface area contributed by atoms with Gasteiger partial charge < -0.3 is 14.6 Å². The number of nitrogens with zero attached hydrogens (tertiary/aromatic N) is 2. The van der Waals surface area contributed by atoms with Crippen LogP contribution in [-0.2, 0) is 0 Å². The number of rotatable bonds is 4. The lowest BCUT2D eigenvalue weighted by atomic mass is 10.1. The van der Waals surface area contributed by atoms with Gasteiger partial charge in [0.25, 0.3) is 0 Å². The molecule has 0 amide bonds. The molecule has 4 nitrogen and oxygen atoms in total. The van der Waals surface area contributed by atoms with Gasteiger partial charge in [0.15, 0.2) is 0 Å². The van der Waals surface area contributed by atoms with Crippen molar-refractivity contribution < 1.29 is 4.74 Å². The lowest BCUT2D eigenvalue weighted by Gasteiger charge is -2.20. The highest BCUT2D eigenvalue weighted by Gasteiger charge is 2.14. The van der Waals surface area contributed by atoms with Gasteiger partial charge in [-0.05, 0) is 38.1 Å². The first kappa shape index (κ1) is 12.8. The van der Waals surface area contributed by atoms with Crippen molar-refractivity contribution in [3.8, 4) is 5.75 Å². The minimum Gasteiger partial charge on any atom is -0.497 e. The van der Waals surface area contributed by atoms with Crippen molar-refractivity contribution in [1.82, 2.24) is 9.97 Å². The molecular weight excluding hydrogens is 250 g/mol. The maximum Gasteiger partial charge on any atom is 0.138 e. The number of fused-ring (bicyclic) bond motifs is 3. The van der Waals surface area contributed by atoms with Gasteiger partial charge in [-0.1, -0.05) is 0 Å². The van der Waals surface area contributed by atoms with E-state index in [2.05, 4.69) is 40.8 Å². The van der Waals surface area contributed by atoms with Crippen molar-refractivity contribution in [1.29, 1.82) is 0 Å². The summed E-state index contributed by atoms with van der Waals surface area (Å²) in [7, 11) is 1.69. The summed E-state index contributed by atoms with van der Waals surface area (Å²) in [5.41, 5.74) is 2.23. The first-order valence-electron chi connectivity index (χ1n) is 6.97. The highest BCUT2D eigenvalue weighted by molar-refractivity contribution is 6.12. The van der Waals surface area contributed by atoms with E-state index in [1.165, 1.54) is 5.39 Å². The van der Waals surface area contributed by atoms with Crippen LogP contribution in [0.5, 0.6) is 5.75 Å². The Hall–Kier alpha value is -2.23. The van der Waals surface area contributed by atoms with Gasteiger partial charge in [0.1, 0.15) is 11.6 Å². The van der Waals surface area contributed by atoms with E-state index in [1.54, 1.807) is 7.11 Å². The second-order valence-electron chi connectivity index (χ2n) is 4.77. The highest BCUT2D eigenvalue weighted by atomic mass is 16.5. The van der Waals surface area contributed by atoms with Crippen LogP contribution in [0, 0.1) is 0 Å². The third-order valence-corrected chi connectivity index (χ3v) is 3.76. The smallest absolute Gasteiger partial charge is 0.138 e. The van der Waals surface area contributed by atoms with Gasteiger partial charge in [0.2, 0.25) is 0 Å². The van der Waals surface area contributed by atoms with Gasteiger partial charge in [-0.25, -0.2) is 4.98 Å². The van der Waals surface area contributed by atoms with E-state index in [0.717, 1.165) is 41.1 Å². The molecule has 0 saturated carbocycles. The van der Waals surface area contributed by atoms with Gasteiger partial charge in [-0.15, -0.1) is 0 Å². The minimum atomic E-state index is 0.868. The number of nitrogens with one attached hydrogen (secondary N) is 1. The third-order valence-electron chi connectivity index (χ3n) is 3.76. The molecule has 0 bridgehead atoms. The monoisotopic (exact) mass is 269 g/mol. The zero-order valence-electron chi connectivity index (χ0n) is 12.1. The van der Waals surface area contributed by atoms with E-state index in [1.807, 2.05) is 18.3 Å². The Bertz CT molecular complexity index is 744. The summed E-state index contributed by atoms with van der Waals surface area (Å²) in [5, 5.41) is 2.33. The largest absolute Gasteiger partial charge is 0.497 e. The number of anilines is 1. The number of ether oxygens (including phenoxy) is 1. The Morgan fingerprint density at radius 3 is 2.65 bits per heavy atom. The number of methoxy groups -OCH3 is 1. The number of aromatic amines is 1. The predicted molar refractivity (Wildman–Crippen MR) is 83.7 cm³/mol. The summed E-state index contributed by atoms with van der Waals surface area (Å²) >= 11 is 0. The van der Waals surface area contributed by atoms with Crippen molar-refractivity contribution in [3.63, 3.8) is 0 Å². The van der Waals surface area contributed by atoms with Gasteiger partial charge in [0.05, 0.1) is 18.0 Å². The van der Waals surface area contributed by atoms with Gasteiger partial charge in [0, 0.05) is 30.2 Å². The standard InChI is InChI=1S/C16H19N3O/c1-4-19(5-2)16-15-12-10-11(20-3)6-7-13(12)18-14(15)8-9-17-16/h6-10,18H,4-5H2,1-3H3. The number of aromatic nitrogens is 2. The summed E-state index contributed by atoms with van der Waals surface area (Å²) < 4.78 is 5.35. The molecule has 3 aromatic rings. The lowest BCUT2D eigenvalue weighted by Crippen LogP contribution is -2.23. The quantitative estimate of drug-likeness (QED) is 0.787. The molecule has 3 rings (SSSR count). The van der Waals surface area contributed by atoms with Crippen LogP contribution in [0.4, 0.5) is 5.82 Å². The zero-order chi connectivity index (χ0) is 14.1. The van der Waals surface area contributed by atoms with Crippen molar-refractivity contribution in [2.75, 3.05) is 25.1 Å². The van der Waals surface area contributed by atoms with Crippen LogP contribution in [0.2, 0.25) is 0 Å². The molecule has 0 unspecified atom stereocenters. The Labute approximate surface area is 118 Å². The Balaban J connectivity index is 2.35. The van der Waals surface area contributed by atoms with Crippen molar-refractivity contribution in [2.24, 2.45) is 0 Å². The summed E-state index contributed by atoms with van der Waals surface area (Å²) in [5.74, 6) is 1.90. The molecule has 20 heavy (non-hydrogen) atoms. The van der Waals surface area contributed by atoms with Crippen molar-refractivity contribution >= 4 is 27.6 Å². The fourth-order valence-electron chi connectivity index (χ4n) is 2.69. The van der Waals surface area contributed by atoms with Crippen LogP contribution in [0.1, 0.15) is 13.8 Å². The molecule has 0 fully saturated rings. The van der Waals surface area contributed by atoms with Gasteiger partial charge in [-0.3, -0.25) is 0 Å². The maximum absolute atomic E-state index is 5.35. The summed E-state index contributed by atoms with van der Waals surface area (Å²) in [6.45, 7) is 6.19. The molecule has 0 saturated heterocycles. The molecule has 2 aromatic heterocycles. The second-order valence-corrected chi connectivity index (χ2v) is 4.77. The van der Waals surface area contributed by atoms with E-state index in [-0.39, 0.29) is 0 Å². The first-order valence-corrected chi connectivity index (χ1v) is 6.97. The average molecular weight is 269 g/mol. The molecule has 4 heteroatoms. The summed E-state index contributed by atoms with van der Waals surface area (Å²) in [6, 6.07) is 8.13. The minimum absolute atomic E-state index is 0.868. The van der Waals surface area contributed by atoms with E-state index in [9.17, 15) is 0 Å². The lowest BCUT2D eigenvalue weighted by molar-refractivity contribution is 0.415. The number of benzene rings is 1. The second kappa shape index (κ2) is 5.04. The predicted octanol–water partition coefficient (Wildman–Crippen LogP) is 3.57. The average Bonchev–Trinajstić information content (AvgIpc) is 2.86. The highest BCUT2D eigenvalue weighted by Crippen LogP contribution is 2.33. The molecule has 2 heterocycles. The number of hydrogen-bond donors (Lipinski definition) is 1. The van der Waals surface area contributed by atoms with Crippen LogP contribution < -0.4 is 9.64 Å². The molecule has 0 aliphatic heterocycles. The topological polar surface area (TPSA) is 41.2 Å². The molecule has 0 atom stereocenters. The summed E-state index contributed by atoms with van der Waals surface area (Å²) in [6.07, 6.45) is 1.86. The van der Waals surface area contributed by atoms with E-state index >= 15 is 0 Å². The number of hydrogen-bond acceptors (Lipinski definition) is 3. The Morgan fingerprint density at radius 1 is 1.15 bits per heavy atom. The molecule has 0 aliphatic carbocycles. The van der Waals surface area contributed by atoms with Gasteiger partial charge in [-0.2, -0.15) is 0 Å². The molecule has 1 aromatic carbocycles. The zero-order valence-corrected chi connectivity index (χ0v) is 12.1. The maximum atomic E-state index is 5.35. The van der Waals surface area contributed by atoms with Crippen LogP contribution in [0.3, 0.4) is 0 Å². The molecule has 104 valence electrons. The summed E-state index contributed by atoms with van der Waals surface area (Å²) in [4.78, 5) is 10.3. The van der Waals surface area contributed by atoms with E-state index in [0.29, 0.717) is 0 Å². The van der Waals surface area contributed by atoms with Crippen LogP contribution in [0.25, 0.3) is 21.8 Å². The van der Waals surface area contributed by atoms with E-state index in [4.69, 9.17) is 4.74 Å². The fraction of sp³-hybridized carbons (Fsp3) is 0.312. The molecular formula is C16H19N3O. The van der Waals surface area contributed by atoms with Gasteiger partial charge >= 0.3 is 0 Å². The van der Waals surface area contributed by atoms with Crippen LogP contribution >= 0.6 is 0 Å². The van der Waals surface area contributed by atoms with E-state index < -0.39 is 0 Å². The SMILES string of the molecule is CCN(CC)c1nccc2[nH]c3ccc(OC)cc3c12. The third kappa shape index (κ3) is 1.88. The first-order chi connectivity index (χ1) is 9.78. The van der Waals surface area contributed by atoms with Crippen molar-refractivity contribution in [3.05, 3.63) is 30.5 Å². The van der Waals surface area contributed by atoms with Crippen LogP contribution in [0.15, 0.2) is 30.5 Å². The van der Waals surface area contributed by atoms with Crippen molar-refractivity contribution in [2.45, 2.75) is 13.8 Å². The van der Waals surface area contributed by atoms with Crippen LogP contribution in [-0.4, -0.2) is 30.2 Å². The Kier molecular flexibility index (Phi) is 3.22. The number of H-pyrrole nitrogens is 1. The number of pyridine rings is 1. The molecule has 1 N–H and O–H groups in total. The fourth-order valence-corrected chi connectivity index (χ4v) is 2.69. The molecule has 0 spiro atoms.